The molecule has 0 bridgehead atoms. The third-order valence-electron chi connectivity index (χ3n) is 4.42. The molecule has 6 nitrogen and oxygen atoms in total. The third-order valence-corrected chi connectivity index (χ3v) is 8.25. The van der Waals surface area contributed by atoms with Crippen LogP contribution in [0.2, 0.25) is 0 Å². The molecule has 1 saturated heterocycles. The van der Waals surface area contributed by atoms with E-state index in [0.717, 1.165) is 51.6 Å². The Labute approximate surface area is 176 Å². The minimum absolute atomic E-state index is 0.0919. The van der Waals surface area contributed by atoms with Gasteiger partial charge in [-0.05, 0) is 55.1 Å². The summed E-state index contributed by atoms with van der Waals surface area (Å²) in [5, 5.41) is 0.832. The van der Waals surface area contributed by atoms with Crippen molar-refractivity contribution in [1.29, 1.82) is 0 Å². The number of sulfonamides is 1. The quantitative estimate of drug-likeness (QED) is 0.663. The van der Waals surface area contributed by atoms with Gasteiger partial charge < -0.3 is 4.90 Å². The Morgan fingerprint density at radius 2 is 1.76 bits per heavy atom. The van der Waals surface area contributed by atoms with E-state index in [4.69, 9.17) is 0 Å². The standard InChI is InChI=1S/C19H16FN3O3S3/c1-3-23-17(24)16(18-22(2)14-6-4-5-7-15(14)27-18)28-19(23)21-29(25,26)13-10-8-12(20)9-11-13/h4-11H,3H2,1-2H3/b18-16+,21-19+. The molecular weight excluding hydrogens is 433 g/mol. The van der Waals surface area contributed by atoms with Crippen LogP contribution >= 0.6 is 23.5 Å². The fourth-order valence-electron chi connectivity index (χ4n) is 2.94. The molecule has 29 heavy (non-hydrogen) atoms. The Kier molecular flexibility index (Phi) is 5.18. The molecule has 0 saturated carbocycles. The molecule has 150 valence electrons. The van der Waals surface area contributed by atoms with Gasteiger partial charge in [-0.3, -0.25) is 9.69 Å². The zero-order chi connectivity index (χ0) is 20.8. The van der Waals surface area contributed by atoms with Crippen LogP contribution in [0.3, 0.4) is 0 Å². The number of halogens is 1. The number of thioether (sulfide) groups is 2. The van der Waals surface area contributed by atoms with Crippen molar-refractivity contribution in [3.63, 3.8) is 0 Å². The Bertz CT molecular complexity index is 1160. The predicted molar refractivity (Wildman–Crippen MR) is 114 cm³/mol. The van der Waals surface area contributed by atoms with Crippen molar-refractivity contribution >= 4 is 50.3 Å². The summed E-state index contributed by atoms with van der Waals surface area (Å²) < 4.78 is 42.3. The molecule has 1 fully saturated rings. The lowest BCUT2D eigenvalue weighted by Crippen LogP contribution is -2.30. The number of carbonyl (C=O) groups excluding carboxylic acids is 1. The SMILES string of the molecule is CCN1C(=O)/C(=C2\Sc3ccccc3N2C)S/C1=N/S(=O)(=O)c1ccc(F)cc1. The molecule has 10 heteroatoms. The number of amidine groups is 1. The molecule has 2 aliphatic rings. The minimum Gasteiger partial charge on any atom is -0.337 e. The fraction of sp³-hybridized carbons (Fsp3) is 0.158. The van der Waals surface area contributed by atoms with Gasteiger partial charge in [0.05, 0.1) is 15.6 Å². The van der Waals surface area contributed by atoms with Gasteiger partial charge in [0.15, 0.2) is 5.17 Å². The number of carbonyl (C=O) groups is 1. The molecule has 2 heterocycles. The number of anilines is 1. The smallest absolute Gasteiger partial charge is 0.284 e. The predicted octanol–water partition coefficient (Wildman–Crippen LogP) is 3.88. The van der Waals surface area contributed by atoms with Crippen molar-refractivity contribution in [1.82, 2.24) is 4.90 Å². The van der Waals surface area contributed by atoms with Crippen LogP contribution in [0.1, 0.15) is 6.92 Å². The fourth-order valence-corrected chi connectivity index (χ4v) is 6.53. The van der Waals surface area contributed by atoms with Gasteiger partial charge in [0.25, 0.3) is 15.9 Å². The van der Waals surface area contributed by atoms with Crippen LogP contribution < -0.4 is 4.90 Å². The summed E-state index contributed by atoms with van der Waals surface area (Å²) in [7, 11) is -2.21. The Hall–Kier alpha value is -2.30. The number of likely N-dealkylation sites (N-methyl/N-ethyl adjacent to an activating group) is 1. The number of fused-ring (bicyclic) bond motifs is 1. The Morgan fingerprint density at radius 1 is 1.07 bits per heavy atom. The van der Waals surface area contributed by atoms with E-state index in [2.05, 4.69) is 4.40 Å². The lowest BCUT2D eigenvalue weighted by atomic mass is 10.3. The summed E-state index contributed by atoms with van der Waals surface area (Å²) in [6.07, 6.45) is 0. The largest absolute Gasteiger partial charge is 0.337 e. The summed E-state index contributed by atoms with van der Waals surface area (Å²) in [5.41, 5.74) is 0.987. The monoisotopic (exact) mass is 449 g/mol. The first kappa shape index (κ1) is 20.0. The molecule has 1 amide bonds. The topological polar surface area (TPSA) is 70.1 Å². The van der Waals surface area contributed by atoms with Crippen LogP contribution in [-0.2, 0) is 14.8 Å². The average Bonchev–Trinajstić information content (AvgIpc) is 3.18. The van der Waals surface area contributed by atoms with Crippen LogP contribution in [0.15, 0.2) is 72.7 Å². The molecule has 0 aromatic heterocycles. The summed E-state index contributed by atoms with van der Waals surface area (Å²) >= 11 is 2.50. The van der Waals surface area contributed by atoms with Crippen molar-refractivity contribution < 1.29 is 17.6 Å². The number of hydrogen-bond donors (Lipinski definition) is 0. The highest BCUT2D eigenvalue weighted by molar-refractivity contribution is 8.19. The van der Waals surface area contributed by atoms with E-state index in [1.54, 1.807) is 6.92 Å². The van der Waals surface area contributed by atoms with E-state index in [1.807, 2.05) is 36.2 Å². The van der Waals surface area contributed by atoms with Crippen molar-refractivity contribution in [3.05, 3.63) is 64.3 Å². The first-order chi connectivity index (χ1) is 13.8. The summed E-state index contributed by atoms with van der Waals surface area (Å²) in [5.74, 6) is -0.821. The number of para-hydroxylation sites is 1. The van der Waals surface area contributed by atoms with Crippen molar-refractivity contribution in [2.75, 3.05) is 18.5 Å². The highest BCUT2D eigenvalue weighted by atomic mass is 32.2. The van der Waals surface area contributed by atoms with Gasteiger partial charge in [-0.25, -0.2) is 4.39 Å². The highest BCUT2D eigenvalue weighted by Gasteiger charge is 2.39. The van der Waals surface area contributed by atoms with Crippen molar-refractivity contribution in [3.8, 4) is 0 Å². The summed E-state index contributed by atoms with van der Waals surface area (Å²) in [6, 6.07) is 12.2. The minimum atomic E-state index is -4.08. The lowest BCUT2D eigenvalue weighted by molar-refractivity contribution is -0.122. The van der Waals surface area contributed by atoms with Crippen LogP contribution in [0.5, 0.6) is 0 Å². The van der Waals surface area contributed by atoms with Gasteiger partial charge in [0, 0.05) is 18.5 Å². The molecule has 2 aromatic carbocycles. The zero-order valence-electron chi connectivity index (χ0n) is 15.5. The Balaban J connectivity index is 1.73. The second-order valence-electron chi connectivity index (χ2n) is 6.22. The second-order valence-corrected chi connectivity index (χ2v) is 9.83. The van der Waals surface area contributed by atoms with E-state index >= 15 is 0 Å². The average molecular weight is 450 g/mol. The Morgan fingerprint density at radius 3 is 2.41 bits per heavy atom. The summed E-state index contributed by atoms with van der Waals surface area (Å²) in [4.78, 5) is 17.6. The highest BCUT2D eigenvalue weighted by Crippen LogP contribution is 2.49. The maximum absolute atomic E-state index is 13.1. The number of nitrogens with zero attached hydrogens (tertiary/aromatic N) is 3. The van der Waals surface area contributed by atoms with E-state index in [9.17, 15) is 17.6 Å². The number of amides is 1. The van der Waals surface area contributed by atoms with E-state index in [1.165, 1.54) is 16.7 Å². The molecule has 2 aliphatic heterocycles. The van der Waals surface area contributed by atoms with Gasteiger partial charge in [0.2, 0.25) is 0 Å². The lowest BCUT2D eigenvalue weighted by Gasteiger charge is -2.15. The van der Waals surface area contributed by atoms with Crippen molar-refractivity contribution in [2.24, 2.45) is 4.40 Å². The normalized spacial score (nSPS) is 20.7. The maximum atomic E-state index is 13.1. The van der Waals surface area contributed by atoms with E-state index in [-0.39, 0.29) is 22.5 Å². The van der Waals surface area contributed by atoms with Crippen molar-refractivity contribution in [2.45, 2.75) is 16.7 Å². The molecule has 0 unspecified atom stereocenters. The molecular formula is C19H16FN3O3S3. The first-order valence-electron chi connectivity index (χ1n) is 8.67. The molecule has 0 radical (unpaired) electrons. The summed E-state index contributed by atoms with van der Waals surface area (Å²) in [6.45, 7) is 2.04. The number of hydrogen-bond acceptors (Lipinski definition) is 6. The second kappa shape index (κ2) is 7.51. The molecule has 4 rings (SSSR count). The van der Waals surface area contributed by atoms with Crippen LogP contribution in [-0.4, -0.2) is 38.0 Å². The molecule has 2 aromatic rings. The van der Waals surface area contributed by atoms with Crippen LogP contribution in [0.25, 0.3) is 0 Å². The van der Waals surface area contributed by atoms with Gasteiger partial charge >= 0.3 is 0 Å². The van der Waals surface area contributed by atoms with E-state index in [0.29, 0.717) is 4.91 Å². The van der Waals surface area contributed by atoms with Crippen LogP contribution in [0.4, 0.5) is 10.1 Å². The van der Waals surface area contributed by atoms with Gasteiger partial charge in [-0.2, -0.15) is 8.42 Å². The zero-order valence-corrected chi connectivity index (χ0v) is 17.9. The van der Waals surface area contributed by atoms with E-state index < -0.39 is 15.8 Å². The number of benzene rings is 2. The molecule has 0 spiro atoms. The van der Waals surface area contributed by atoms with Gasteiger partial charge in [0.1, 0.15) is 10.7 Å². The number of rotatable bonds is 3. The first-order valence-corrected chi connectivity index (χ1v) is 11.7. The molecule has 0 aliphatic carbocycles. The van der Waals surface area contributed by atoms with Gasteiger partial charge in [-0.15, -0.1) is 4.40 Å². The maximum Gasteiger partial charge on any atom is 0.284 e. The molecule has 0 N–H and O–H groups in total. The van der Waals surface area contributed by atoms with Gasteiger partial charge in [-0.1, -0.05) is 23.9 Å². The molecule has 0 atom stereocenters. The third kappa shape index (κ3) is 3.56. The van der Waals surface area contributed by atoms with Crippen LogP contribution in [0, 0.1) is 5.82 Å².